The average Bonchev–Trinajstić information content (AvgIpc) is 3.24. The van der Waals surface area contributed by atoms with E-state index in [0.29, 0.717) is 23.7 Å². The zero-order chi connectivity index (χ0) is 15.4. The summed E-state index contributed by atoms with van der Waals surface area (Å²) in [4.78, 5) is 25.7. The maximum atomic E-state index is 12.2. The second-order valence-electron chi connectivity index (χ2n) is 5.71. The fourth-order valence-corrected chi connectivity index (χ4v) is 2.65. The van der Waals surface area contributed by atoms with Crippen LogP contribution < -0.4 is 11.1 Å². The number of ketones is 1. The van der Waals surface area contributed by atoms with Crippen LogP contribution in [-0.4, -0.2) is 42.8 Å². The Kier molecular flexibility index (Phi) is 5.09. The summed E-state index contributed by atoms with van der Waals surface area (Å²) in [6.45, 7) is 2.34. The van der Waals surface area contributed by atoms with Gasteiger partial charge in [-0.25, -0.2) is 0 Å². The van der Waals surface area contributed by atoms with Crippen molar-refractivity contribution in [3.05, 3.63) is 29.8 Å². The molecule has 0 heterocycles. The summed E-state index contributed by atoms with van der Waals surface area (Å²) in [5, 5.41) is 2.82. The highest BCUT2D eigenvalue weighted by atomic mass is 16.2. The normalized spacial score (nSPS) is 15.8. The van der Waals surface area contributed by atoms with Crippen LogP contribution in [0.4, 0.5) is 5.69 Å². The molecule has 114 valence electrons. The van der Waals surface area contributed by atoms with E-state index < -0.39 is 0 Å². The lowest BCUT2D eigenvalue weighted by Gasteiger charge is -2.26. The monoisotopic (exact) mass is 289 g/mol. The molecule has 0 aliphatic heterocycles. The number of likely N-dealkylation sites (N-methyl/N-ethyl adjacent to an activating group) is 1. The largest absolute Gasteiger partial charge is 0.329 e. The SMILES string of the molecule is CC(=O)c1ccccc1NC(=O)CN(C)C(CN)C1CC1. The summed E-state index contributed by atoms with van der Waals surface area (Å²) in [5.74, 6) is 0.444. The van der Waals surface area contributed by atoms with Gasteiger partial charge in [0, 0.05) is 18.2 Å². The average molecular weight is 289 g/mol. The van der Waals surface area contributed by atoms with E-state index in [4.69, 9.17) is 5.73 Å². The van der Waals surface area contributed by atoms with Crippen LogP contribution in [0.15, 0.2) is 24.3 Å². The first-order valence-electron chi connectivity index (χ1n) is 7.33. The smallest absolute Gasteiger partial charge is 0.238 e. The van der Waals surface area contributed by atoms with Crippen molar-refractivity contribution in [1.82, 2.24) is 4.90 Å². The van der Waals surface area contributed by atoms with Crippen molar-refractivity contribution in [1.29, 1.82) is 0 Å². The van der Waals surface area contributed by atoms with Gasteiger partial charge in [0.05, 0.1) is 12.2 Å². The van der Waals surface area contributed by atoms with Crippen molar-refractivity contribution >= 4 is 17.4 Å². The maximum Gasteiger partial charge on any atom is 0.238 e. The molecule has 0 spiro atoms. The standard InChI is InChI=1S/C16H23N3O2/c1-11(20)13-5-3-4-6-14(13)18-16(21)10-19(2)15(9-17)12-7-8-12/h3-6,12,15H,7-10,17H2,1-2H3,(H,18,21). The first-order valence-corrected chi connectivity index (χ1v) is 7.33. The van der Waals surface area contributed by atoms with Crippen molar-refractivity contribution in [2.75, 3.05) is 25.5 Å². The third-order valence-corrected chi connectivity index (χ3v) is 3.95. The van der Waals surface area contributed by atoms with Crippen LogP contribution in [0, 0.1) is 5.92 Å². The number of carbonyl (C=O) groups is 2. The molecule has 1 saturated carbocycles. The molecule has 2 rings (SSSR count). The molecule has 0 saturated heterocycles. The Hall–Kier alpha value is -1.72. The Morgan fingerprint density at radius 1 is 1.38 bits per heavy atom. The molecule has 1 fully saturated rings. The number of nitrogens with one attached hydrogen (secondary N) is 1. The van der Waals surface area contributed by atoms with Crippen LogP contribution >= 0.6 is 0 Å². The van der Waals surface area contributed by atoms with Gasteiger partial charge in [-0.3, -0.25) is 14.5 Å². The van der Waals surface area contributed by atoms with Crippen molar-refractivity contribution < 1.29 is 9.59 Å². The lowest BCUT2D eigenvalue weighted by atomic mass is 10.1. The molecule has 1 atom stereocenters. The minimum absolute atomic E-state index is 0.0583. The molecule has 1 unspecified atom stereocenters. The molecule has 3 N–H and O–H groups in total. The molecule has 1 aromatic carbocycles. The molecule has 1 amide bonds. The van der Waals surface area contributed by atoms with Crippen molar-refractivity contribution in [3.8, 4) is 0 Å². The molecule has 21 heavy (non-hydrogen) atoms. The van der Waals surface area contributed by atoms with Gasteiger partial charge in [-0.2, -0.15) is 0 Å². The quantitative estimate of drug-likeness (QED) is 0.746. The number of amides is 1. The highest BCUT2D eigenvalue weighted by molar-refractivity contribution is 6.04. The molecule has 5 heteroatoms. The van der Waals surface area contributed by atoms with Crippen LogP contribution in [0.3, 0.4) is 0 Å². The Bertz CT molecular complexity index is 526. The van der Waals surface area contributed by atoms with Crippen molar-refractivity contribution in [2.24, 2.45) is 11.7 Å². The van der Waals surface area contributed by atoms with Gasteiger partial charge in [-0.15, -0.1) is 0 Å². The van der Waals surface area contributed by atoms with E-state index in [2.05, 4.69) is 5.32 Å². The number of para-hydroxylation sites is 1. The molecule has 1 aliphatic rings. The number of benzene rings is 1. The van der Waals surface area contributed by atoms with Gasteiger partial charge in [-0.05, 0) is 44.9 Å². The van der Waals surface area contributed by atoms with Crippen LogP contribution in [0.2, 0.25) is 0 Å². The van der Waals surface area contributed by atoms with Crippen LogP contribution in [0.5, 0.6) is 0 Å². The number of rotatable bonds is 7. The summed E-state index contributed by atoms with van der Waals surface area (Å²) in [6.07, 6.45) is 2.39. The molecule has 1 aliphatic carbocycles. The van der Waals surface area contributed by atoms with Crippen molar-refractivity contribution in [2.45, 2.75) is 25.8 Å². The van der Waals surface area contributed by atoms with Gasteiger partial charge < -0.3 is 11.1 Å². The Morgan fingerprint density at radius 2 is 2.05 bits per heavy atom. The number of hydrogen-bond donors (Lipinski definition) is 2. The van der Waals surface area contributed by atoms with Gasteiger partial charge in [-0.1, -0.05) is 12.1 Å². The fraction of sp³-hybridized carbons (Fsp3) is 0.500. The molecule has 0 aromatic heterocycles. The summed E-state index contributed by atoms with van der Waals surface area (Å²) >= 11 is 0. The number of nitrogens with zero attached hydrogens (tertiary/aromatic N) is 1. The third-order valence-electron chi connectivity index (χ3n) is 3.95. The zero-order valence-electron chi connectivity index (χ0n) is 12.6. The van der Waals surface area contributed by atoms with E-state index >= 15 is 0 Å². The number of Topliss-reactive ketones (excluding diaryl/α,β-unsaturated/α-hetero) is 1. The van der Waals surface area contributed by atoms with Gasteiger partial charge in [0.25, 0.3) is 0 Å². The minimum Gasteiger partial charge on any atom is -0.329 e. The van der Waals surface area contributed by atoms with Crippen molar-refractivity contribution in [3.63, 3.8) is 0 Å². The second-order valence-corrected chi connectivity index (χ2v) is 5.71. The number of nitrogens with two attached hydrogens (primary N) is 1. The zero-order valence-corrected chi connectivity index (χ0v) is 12.6. The number of carbonyl (C=O) groups excluding carboxylic acids is 2. The maximum absolute atomic E-state index is 12.2. The molecule has 0 radical (unpaired) electrons. The Balaban J connectivity index is 1.97. The van der Waals surface area contributed by atoms with Crippen LogP contribution in [-0.2, 0) is 4.79 Å². The van der Waals surface area contributed by atoms with Gasteiger partial charge in [0.1, 0.15) is 0 Å². The minimum atomic E-state index is -0.120. The second kappa shape index (κ2) is 6.83. The topological polar surface area (TPSA) is 75.4 Å². The van der Waals surface area contributed by atoms with E-state index in [1.807, 2.05) is 11.9 Å². The van der Waals surface area contributed by atoms with Gasteiger partial charge in [0.2, 0.25) is 5.91 Å². The third kappa shape index (κ3) is 4.12. The first kappa shape index (κ1) is 15.7. The predicted molar refractivity (Wildman–Crippen MR) is 83.3 cm³/mol. The summed E-state index contributed by atoms with van der Waals surface area (Å²) in [5.41, 5.74) is 6.89. The molecular weight excluding hydrogens is 266 g/mol. The Morgan fingerprint density at radius 3 is 2.62 bits per heavy atom. The van der Waals surface area contributed by atoms with E-state index in [1.54, 1.807) is 24.3 Å². The molecule has 1 aromatic rings. The summed E-state index contributed by atoms with van der Waals surface area (Å²) < 4.78 is 0. The highest BCUT2D eigenvalue weighted by Gasteiger charge is 2.33. The van der Waals surface area contributed by atoms with Crippen LogP contribution in [0.1, 0.15) is 30.1 Å². The highest BCUT2D eigenvalue weighted by Crippen LogP contribution is 2.34. The number of anilines is 1. The van der Waals surface area contributed by atoms with E-state index in [1.165, 1.54) is 19.8 Å². The predicted octanol–water partition coefficient (Wildman–Crippen LogP) is 1.50. The van der Waals surface area contributed by atoms with E-state index in [9.17, 15) is 9.59 Å². The lowest BCUT2D eigenvalue weighted by molar-refractivity contribution is -0.117. The fourth-order valence-electron chi connectivity index (χ4n) is 2.65. The Labute approximate surface area is 125 Å². The van der Waals surface area contributed by atoms with E-state index in [-0.39, 0.29) is 24.3 Å². The van der Waals surface area contributed by atoms with Gasteiger partial charge >= 0.3 is 0 Å². The summed E-state index contributed by atoms with van der Waals surface area (Å²) in [7, 11) is 1.92. The molecular formula is C16H23N3O2. The lowest BCUT2D eigenvalue weighted by Crippen LogP contribution is -2.43. The molecule has 5 nitrogen and oxygen atoms in total. The van der Waals surface area contributed by atoms with Gasteiger partial charge in [0.15, 0.2) is 5.78 Å². The van der Waals surface area contributed by atoms with Crippen LogP contribution in [0.25, 0.3) is 0 Å². The number of hydrogen-bond acceptors (Lipinski definition) is 4. The first-order chi connectivity index (χ1) is 10.0. The molecule has 0 bridgehead atoms. The summed E-state index contributed by atoms with van der Waals surface area (Å²) in [6, 6.07) is 7.32. The van der Waals surface area contributed by atoms with E-state index in [0.717, 1.165) is 0 Å².